The zero-order valence-corrected chi connectivity index (χ0v) is 15.6. The molecule has 3 rings (SSSR count). The number of nitrogens with one attached hydrogen (secondary N) is 2. The van der Waals surface area contributed by atoms with Crippen molar-refractivity contribution in [2.75, 3.05) is 25.0 Å². The predicted molar refractivity (Wildman–Crippen MR) is 100 cm³/mol. The van der Waals surface area contributed by atoms with Crippen molar-refractivity contribution in [3.63, 3.8) is 0 Å². The van der Waals surface area contributed by atoms with Crippen molar-refractivity contribution in [2.45, 2.75) is 18.8 Å². The van der Waals surface area contributed by atoms with Crippen LogP contribution < -0.4 is 15.4 Å². The Morgan fingerprint density at radius 2 is 2.19 bits per heavy atom. The monoisotopic (exact) mass is 396 g/mol. The van der Waals surface area contributed by atoms with Gasteiger partial charge in [-0.25, -0.2) is 4.68 Å². The number of carbonyl (C=O) groups is 1. The van der Waals surface area contributed by atoms with Crippen molar-refractivity contribution in [2.24, 2.45) is 7.05 Å². The number of carbonyl (C=O) groups excluding carboxylic acids is 1. The second-order valence-electron chi connectivity index (χ2n) is 6.03. The van der Waals surface area contributed by atoms with Gasteiger partial charge >= 0.3 is 0 Å². The lowest BCUT2D eigenvalue weighted by atomic mass is 9.98. The zero-order valence-electron chi connectivity index (χ0n) is 14.8. The highest BCUT2D eigenvalue weighted by Crippen LogP contribution is 2.23. The maximum atomic E-state index is 12.1. The normalized spacial score (nSPS) is 14.3. The topological polar surface area (TPSA) is 124 Å². The summed E-state index contributed by atoms with van der Waals surface area (Å²) in [4.78, 5) is 26.7. The number of benzene rings is 1. The molecule has 2 N–H and O–H groups in total. The minimum atomic E-state index is -0.519. The molecular weight excluding hydrogens is 376 g/mol. The summed E-state index contributed by atoms with van der Waals surface area (Å²) < 4.78 is 6.84. The SMILES string of the molecule is Cl.Cn1nc(C2CCNCC2)nc1NC(=O)COc1cccc([N+](=O)[O-])c1. The molecule has 1 fully saturated rings. The zero-order chi connectivity index (χ0) is 18.5. The number of ether oxygens (including phenoxy) is 1. The van der Waals surface area contributed by atoms with E-state index in [4.69, 9.17) is 4.74 Å². The number of amides is 1. The van der Waals surface area contributed by atoms with Gasteiger partial charge < -0.3 is 10.1 Å². The maximum absolute atomic E-state index is 12.1. The molecule has 10 nitrogen and oxygen atoms in total. The van der Waals surface area contributed by atoms with E-state index in [1.54, 1.807) is 13.1 Å². The van der Waals surface area contributed by atoms with E-state index in [0.29, 0.717) is 5.95 Å². The summed E-state index contributed by atoms with van der Waals surface area (Å²) in [5.74, 6) is 1.20. The molecule has 1 amide bonds. The molecule has 2 aromatic rings. The smallest absolute Gasteiger partial charge is 0.273 e. The van der Waals surface area contributed by atoms with Gasteiger partial charge in [0, 0.05) is 19.0 Å². The molecule has 0 spiro atoms. The molecule has 0 aliphatic carbocycles. The number of halogens is 1. The van der Waals surface area contributed by atoms with Crippen LogP contribution in [0.15, 0.2) is 24.3 Å². The van der Waals surface area contributed by atoms with E-state index < -0.39 is 10.8 Å². The number of non-ortho nitro benzene ring substituents is 1. The number of rotatable bonds is 6. The van der Waals surface area contributed by atoms with Gasteiger partial charge in [-0.3, -0.25) is 20.2 Å². The van der Waals surface area contributed by atoms with E-state index in [-0.39, 0.29) is 36.4 Å². The molecule has 27 heavy (non-hydrogen) atoms. The summed E-state index contributed by atoms with van der Waals surface area (Å²) in [6.07, 6.45) is 1.93. The van der Waals surface area contributed by atoms with Crippen LogP contribution in [0.4, 0.5) is 11.6 Å². The molecule has 11 heteroatoms. The minimum absolute atomic E-state index is 0. The molecule has 1 aromatic carbocycles. The van der Waals surface area contributed by atoms with Crippen molar-refractivity contribution in [1.29, 1.82) is 0 Å². The lowest BCUT2D eigenvalue weighted by molar-refractivity contribution is -0.384. The number of piperidine rings is 1. The summed E-state index contributed by atoms with van der Waals surface area (Å²) in [6.45, 7) is 1.58. The number of nitrogens with zero attached hydrogens (tertiary/aromatic N) is 4. The number of anilines is 1. The number of nitro groups is 1. The van der Waals surface area contributed by atoms with Gasteiger partial charge in [0.25, 0.3) is 11.6 Å². The highest BCUT2D eigenvalue weighted by Gasteiger charge is 2.21. The maximum Gasteiger partial charge on any atom is 0.273 e. The predicted octanol–water partition coefficient (Wildman–Crippen LogP) is 1.63. The summed E-state index contributed by atoms with van der Waals surface area (Å²) in [7, 11) is 1.72. The molecule has 0 unspecified atom stereocenters. The average Bonchev–Trinajstić information content (AvgIpc) is 3.01. The number of aromatic nitrogens is 3. The second-order valence-corrected chi connectivity index (χ2v) is 6.03. The molecule has 0 saturated carbocycles. The molecule has 0 atom stereocenters. The Morgan fingerprint density at radius 3 is 2.89 bits per heavy atom. The summed E-state index contributed by atoms with van der Waals surface area (Å²) >= 11 is 0. The highest BCUT2D eigenvalue weighted by atomic mass is 35.5. The summed E-state index contributed by atoms with van der Waals surface area (Å²) in [6, 6.07) is 5.68. The summed E-state index contributed by atoms with van der Waals surface area (Å²) in [5.41, 5.74) is -0.0946. The molecule has 146 valence electrons. The van der Waals surface area contributed by atoms with Crippen molar-refractivity contribution < 1.29 is 14.5 Å². The lowest BCUT2D eigenvalue weighted by Gasteiger charge is -2.19. The van der Waals surface area contributed by atoms with Gasteiger partial charge in [-0.2, -0.15) is 10.1 Å². The van der Waals surface area contributed by atoms with E-state index in [2.05, 4.69) is 20.7 Å². The number of nitro benzene ring substituents is 1. The van der Waals surface area contributed by atoms with Gasteiger partial charge in [0.15, 0.2) is 12.4 Å². The fourth-order valence-electron chi connectivity index (χ4n) is 2.76. The van der Waals surface area contributed by atoms with Gasteiger partial charge in [-0.15, -0.1) is 12.4 Å². The van der Waals surface area contributed by atoms with Crippen molar-refractivity contribution in [3.8, 4) is 5.75 Å². The average molecular weight is 397 g/mol. The molecule has 1 saturated heterocycles. The summed E-state index contributed by atoms with van der Waals surface area (Å²) in [5, 5.41) is 21.1. The fourth-order valence-corrected chi connectivity index (χ4v) is 2.76. The lowest BCUT2D eigenvalue weighted by Crippen LogP contribution is -2.27. The molecule has 1 aliphatic rings. The van der Waals surface area contributed by atoms with Crippen LogP contribution in [-0.4, -0.2) is 45.3 Å². The van der Waals surface area contributed by atoms with E-state index in [1.807, 2.05) is 0 Å². The number of aryl methyl sites for hydroxylation is 1. The highest BCUT2D eigenvalue weighted by molar-refractivity contribution is 5.90. The Hall–Kier alpha value is -2.72. The van der Waals surface area contributed by atoms with Gasteiger partial charge in [-0.05, 0) is 32.0 Å². The van der Waals surface area contributed by atoms with Crippen molar-refractivity contribution in [1.82, 2.24) is 20.1 Å². The third-order valence-corrected chi connectivity index (χ3v) is 4.13. The van der Waals surface area contributed by atoms with Crippen LogP contribution in [0.25, 0.3) is 0 Å². The molecule has 0 radical (unpaired) electrons. The largest absolute Gasteiger partial charge is 0.484 e. The first-order valence-electron chi connectivity index (χ1n) is 8.31. The Labute approximate surface area is 161 Å². The third kappa shape index (κ3) is 5.38. The van der Waals surface area contributed by atoms with Crippen molar-refractivity contribution >= 4 is 29.9 Å². The minimum Gasteiger partial charge on any atom is -0.484 e. The Balaban J connectivity index is 0.00000261. The van der Waals surface area contributed by atoms with E-state index in [9.17, 15) is 14.9 Å². The first kappa shape index (κ1) is 20.6. The molecule has 1 aliphatic heterocycles. The second kappa shape index (κ2) is 9.28. The third-order valence-electron chi connectivity index (χ3n) is 4.13. The Bertz CT molecular complexity index is 806. The van der Waals surface area contributed by atoms with Crippen LogP contribution in [0.3, 0.4) is 0 Å². The van der Waals surface area contributed by atoms with Crippen molar-refractivity contribution in [3.05, 3.63) is 40.2 Å². The molecule has 0 bridgehead atoms. The Morgan fingerprint density at radius 1 is 1.44 bits per heavy atom. The van der Waals surface area contributed by atoms with Gasteiger partial charge in [0.05, 0.1) is 11.0 Å². The van der Waals surface area contributed by atoms with Crippen LogP contribution in [0.5, 0.6) is 5.75 Å². The van der Waals surface area contributed by atoms with Crippen LogP contribution in [-0.2, 0) is 11.8 Å². The van der Waals surface area contributed by atoms with Crippen LogP contribution in [0.1, 0.15) is 24.6 Å². The van der Waals surface area contributed by atoms with E-state index in [0.717, 1.165) is 31.8 Å². The molecule has 2 heterocycles. The Kier molecular flexibility index (Phi) is 7.08. The van der Waals surface area contributed by atoms with Gasteiger partial charge in [0.1, 0.15) is 5.75 Å². The standard InChI is InChI=1S/C16H20N6O4.ClH/c1-21-16(19-15(20-21)11-5-7-17-8-6-11)18-14(23)10-26-13-4-2-3-12(9-13)22(24)25;/h2-4,9,11,17H,5-8,10H2,1H3,(H,18,19,20,23);1H. The van der Waals surface area contributed by atoms with E-state index >= 15 is 0 Å². The fraction of sp³-hybridized carbons (Fsp3) is 0.438. The number of hydrogen-bond donors (Lipinski definition) is 2. The van der Waals surface area contributed by atoms with E-state index in [1.165, 1.54) is 22.9 Å². The first-order chi connectivity index (χ1) is 12.5. The quantitative estimate of drug-likeness (QED) is 0.561. The molecule has 1 aromatic heterocycles. The van der Waals surface area contributed by atoms with Gasteiger partial charge in [-0.1, -0.05) is 6.07 Å². The molecular formula is C16H21ClN6O4. The van der Waals surface area contributed by atoms with Crippen LogP contribution >= 0.6 is 12.4 Å². The number of hydrogen-bond acceptors (Lipinski definition) is 7. The van der Waals surface area contributed by atoms with Gasteiger partial charge in [0.2, 0.25) is 5.95 Å². The first-order valence-corrected chi connectivity index (χ1v) is 8.31. The van der Waals surface area contributed by atoms with Crippen LogP contribution in [0, 0.1) is 10.1 Å². The van der Waals surface area contributed by atoms with Crippen LogP contribution in [0.2, 0.25) is 0 Å².